The van der Waals surface area contributed by atoms with Crippen molar-refractivity contribution in [1.82, 2.24) is 15.2 Å². The van der Waals surface area contributed by atoms with E-state index in [9.17, 15) is 9.59 Å². The fraction of sp³-hybridized carbons (Fsp3) is 0.500. The van der Waals surface area contributed by atoms with Crippen LogP contribution in [0.3, 0.4) is 0 Å². The van der Waals surface area contributed by atoms with Crippen molar-refractivity contribution in [2.45, 2.75) is 52.2 Å². The van der Waals surface area contributed by atoms with Gasteiger partial charge in [0.2, 0.25) is 0 Å². The molecular weight excluding hydrogens is 330 g/mol. The Morgan fingerprint density at radius 3 is 2.81 bits per heavy atom. The molecule has 1 aliphatic heterocycles. The van der Waals surface area contributed by atoms with Crippen molar-refractivity contribution in [3.63, 3.8) is 0 Å². The van der Waals surface area contributed by atoms with Gasteiger partial charge in [0.15, 0.2) is 0 Å². The number of hydrogen-bond acceptors (Lipinski definition) is 3. The van der Waals surface area contributed by atoms with Crippen LogP contribution >= 0.6 is 0 Å². The second-order valence-electron chi connectivity index (χ2n) is 7.63. The highest BCUT2D eigenvalue weighted by Crippen LogP contribution is 2.28. The Bertz CT molecular complexity index is 818. The molecule has 3 rings (SSSR count). The van der Waals surface area contributed by atoms with Crippen LogP contribution in [0.4, 0.5) is 4.79 Å². The lowest BCUT2D eigenvalue weighted by Crippen LogP contribution is -2.33. The smallest absolute Gasteiger partial charge is 0.407 e. The highest BCUT2D eigenvalue weighted by molar-refractivity contribution is 6.09. The summed E-state index contributed by atoms with van der Waals surface area (Å²) in [6.07, 6.45) is 2.25. The predicted molar refractivity (Wildman–Crippen MR) is 101 cm³/mol. The third-order valence-electron chi connectivity index (χ3n) is 4.43. The quantitative estimate of drug-likeness (QED) is 0.807. The predicted octanol–water partition coefficient (Wildman–Crippen LogP) is 3.23. The van der Waals surface area contributed by atoms with Crippen LogP contribution in [0.2, 0.25) is 0 Å². The maximum Gasteiger partial charge on any atom is 0.407 e. The minimum atomic E-state index is -0.478. The van der Waals surface area contributed by atoms with Crippen LogP contribution in [0.5, 0.6) is 0 Å². The van der Waals surface area contributed by atoms with Crippen LogP contribution < -0.4 is 10.6 Å². The maximum atomic E-state index is 12.3. The van der Waals surface area contributed by atoms with Crippen molar-refractivity contribution >= 4 is 22.9 Å². The number of carbonyl (C=O) groups is 2. The van der Waals surface area contributed by atoms with Gasteiger partial charge < -0.3 is 19.9 Å². The van der Waals surface area contributed by atoms with E-state index in [0.717, 1.165) is 48.0 Å². The number of unbranched alkanes of at least 4 members (excludes halogenated alkanes) is 1. The second kappa shape index (κ2) is 7.40. The highest BCUT2D eigenvalue weighted by Gasteiger charge is 2.25. The molecule has 0 fully saturated rings. The maximum absolute atomic E-state index is 12.3. The fourth-order valence-corrected chi connectivity index (χ4v) is 3.41. The summed E-state index contributed by atoms with van der Waals surface area (Å²) in [6.45, 7) is 7.65. The molecule has 1 aromatic heterocycles. The van der Waals surface area contributed by atoms with Crippen LogP contribution in [-0.4, -0.2) is 35.3 Å². The van der Waals surface area contributed by atoms with E-state index in [1.807, 2.05) is 39.0 Å². The Labute approximate surface area is 153 Å². The van der Waals surface area contributed by atoms with E-state index in [1.165, 1.54) is 0 Å². The van der Waals surface area contributed by atoms with Crippen LogP contribution in [0.15, 0.2) is 24.3 Å². The molecule has 0 radical (unpaired) electrons. The average molecular weight is 357 g/mol. The molecule has 0 saturated heterocycles. The first-order valence-corrected chi connectivity index (χ1v) is 9.22. The molecular formula is C20H27N3O3. The number of amides is 2. The van der Waals surface area contributed by atoms with E-state index in [2.05, 4.69) is 21.3 Å². The fourth-order valence-electron chi connectivity index (χ4n) is 3.41. The van der Waals surface area contributed by atoms with Crippen molar-refractivity contribution in [1.29, 1.82) is 0 Å². The zero-order chi connectivity index (χ0) is 18.7. The molecule has 6 nitrogen and oxygen atoms in total. The molecule has 0 unspecified atom stereocenters. The molecule has 1 aliphatic rings. The summed E-state index contributed by atoms with van der Waals surface area (Å²) >= 11 is 0. The summed E-state index contributed by atoms with van der Waals surface area (Å²) in [6, 6.07) is 8.06. The number of carbonyl (C=O) groups excluding carboxylic acids is 2. The SMILES string of the molecule is CC(C)(C)OC(=O)NCCCCn1c2c(c3ccccc31)C(=O)NCC2. The number of aromatic nitrogens is 1. The number of nitrogens with one attached hydrogen (secondary N) is 2. The minimum absolute atomic E-state index is 0.0211. The summed E-state index contributed by atoms with van der Waals surface area (Å²) in [5.41, 5.74) is 2.57. The van der Waals surface area contributed by atoms with Crippen molar-refractivity contribution in [3.05, 3.63) is 35.5 Å². The zero-order valence-electron chi connectivity index (χ0n) is 15.7. The number of benzene rings is 1. The molecule has 2 N–H and O–H groups in total. The van der Waals surface area contributed by atoms with E-state index in [1.54, 1.807) is 0 Å². The van der Waals surface area contributed by atoms with Gasteiger partial charge in [0.05, 0.1) is 5.56 Å². The number of hydrogen-bond donors (Lipinski definition) is 2. The second-order valence-corrected chi connectivity index (χ2v) is 7.63. The van der Waals surface area contributed by atoms with E-state index < -0.39 is 5.60 Å². The molecule has 0 atom stereocenters. The number of alkyl carbamates (subject to hydrolysis) is 1. The van der Waals surface area contributed by atoms with Crippen LogP contribution in [0.25, 0.3) is 10.9 Å². The Hall–Kier alpha value is -2.50. The number of para-hydroxylation sites is 1. The van der Waals surface area contributed by atoms with Gasteiger partial charge in [-0.15, -0.1) is 0 Å². The van der Waals surface area contributed by atoms with Gasteiger partial charge >= 0.3 is 6.09 Å². The lowest BCUT2D eigenvalue weighted by Gasteiger charge is -2.19. The van der Waals surface area contributed by atoms with Gasteiger partial charge in [0, 0.05) is 42.7 Å². The minimum Gasteiger partial charge on any atom is -0.444 e. The van der Waals surface area contributed by atoms with Gasteiger partial charge in [-0.3, -0.25) is 4.79 Å². The normalized spacial score (nSPS) is 14.0. The van der Waals surface area contributed by atoms with E-state index in [-0.39, 0.29) is 12.0 Å². The molecule has 1 aromatic carbocycles. The number of rotatable bonds is 5. The number of ether oxygens (including phenoxy) is 1. The van der Waals surface area contributed by atoms with Crippen molar-refractivity contribution in [2.75, 3.05) is 13.1 Å². The summed E-state index contributed by atoms with van der Waals surface area (Å²) < 4.78 is 7.50. The standard InChI is InChI=1S/C20H27N3O3/c1-20(2,3)26-19(25)22-11-6-7-13-23-15-9-5-4-8-14(15)17-16(23)10-12-21-18(17)24/h4-5,8-9H,6-7,10-13H2,1-3H3,(H,21,24)(H,22,25). The largest absolute Gasteiger partial charge is 0.444 e. The zero-order valence-corrected chi connectivity index (χ0v) is 15.7. The molecule has 2 heterocycles. The summed E-state index contributed by atoms with van der Waals surface area (Å²) in [7, 11) is 0. The Balaban J connectivity index is 1.62. The molecule has 26 heavy (non-hydrogen) atoms. The van der Waals surface area contributed by atoms with Gasteiger partial charge in [0.1, 0.15) is 5.60 Å². The topological polar surface area (TPSA) is 72.4 Å². The highest BCUT2D eigenvalue weighted by atomic mass is 16.6. The van der Waals surface area contributed by atoms with E-state index in [4.69, 9.17) is 4.74 Å². The monoisotopic (exact) mass is 357 g/mol. The van der Waals surface area contributed by atoms with Gasteiger partial charge in [-0.05, 0) is 39.7 Å². The third-order valence-corrected chi connectivity index (χ3v) is 4.43. The van der Waals surface area contributed by atoms with Crippen molar-refractivity contribution in [2.24, 2.45) is 0 Å². The lowest BCUT2D eigenvalue weighted by molar-refractivity contribution is 0.0526. The number of nitrogens with zero attached hydrogens (tertiary/aromatic N) is 1. The van der Waals surface area contributed by atoms with E-state index in [0.29, 0.717) is 13.1 Å². The van der Waals surface area contributed by atoms with Crippen LogP contribution in [0, 0.1) is 0 Å². The van der Waals surface area contributed by atoms with Gasteiger partial charge in [0.25, 0.3) is 5.91 Å². The van der Waals surface area contributed by atoms with Gasteiger partial charge in [-0.25, -0.2) is 4.79 Å². The van der Waals surface area contributed by atoms with Gasteiger partial charge in [-0.2, -0.15) is 0 Å². The summed E-state index contributed by atoms with van der Waals surface area (Å²) in [4.78, 5) is 24.0. The Morgan fingerprint density at radius 1 is 1.27 bits per heavy atom. The first-order chi connectivity index (χ1) is 12.4. The Morgan fingerprint density at radius 2 is 2.04 bits per heavy atom. The van der Waals surface area contributed by atoms with Crippen molar-refractivity contribution in [3.8, 4) is 0 Å². The van der Waals surface area contributed by atoms with Crippen LogP contribution in [0.1, 0.15) is 49.7 Å². The Kier molecular flexibility index (Phi) is 5.20. The summed E-state index contributed by atoms with van der Waals surface area (Å²) in [5, 5.41) is 6.75. The molecule has 0 aliphatic carbocycles. The van der Waals surface area contributed by atoms with Crippen LogP contribution in [-0.2, 0) is 17.7 Å². The molecule has 0 spiro atoms. The first-order valence-electron chi connectivity index (χ1n) is 9.22. The average Bonchev–Trinajstić information content (AvgIpc) is 2.88. The summed E-state index contributed by atoms with van der Waals surface area (Å²) in [5.74, 6) is 0.0211. The first kappa shape index (κ1) is 18.3. The molecule has 6 heteroatoms. The molecule has 0 bridgehead atoms. The van der Waals surface area contributed by atoms with E-state index >= 15 is 0 Å². The molecule has 2 aromatic rings. The number of fused-ring (bicyclic) bond motifs is 3. The lowest BCUT2D eigenvalue weighted by atomic mass is 10.1. The molecule has 2 amide bonds. The number of aryl methyl sites for hydroxylation is 1. The third kappa shape index (κ3) is 4.00. The van der Waals surface area contributed by atoms with Crippen molar-refractivity contribution < 1.29 is 14.3 Å². The van der Waals surface area contributed by atoms with Gasteiger partial charge in [-0.1, -0.05) is 18.2 Å². The molecule has 0 saturated carbocycles. The molecule has 140 valence electrons.